The molecule has 2 aromatic heterocycles. The Labute approximate surface area is 233 Å². The lowest BCUT2D eigenvalue weighted by Gasteiger charge is -2.50. The zero-order chi connectivity index (χ0) is 27.9. The van der Waals surface area contributed by atoms with E-state index in [9.17, 15) is 14.7 Å². The fourth-order valence-electron chi connectivity index (χ4n) is 6.68. The Hall–Kier alpha value is -4.17. The number of methoxy groups -OCH3 is 1. The molecule has 1 spiro atoms. The van der Waals surface area contributed by atoms with Crippen molar-refractivity contribution in [2.75, 3.05) is 33.4 Å². The smallest absolute Gasteiger partial charge is 0.273 e. The summed E-state index contributed by atoms with van der Waals surface area (Å²) in [6.07, 6.45) is 3.43. The van der Waals surface area contributed by atoms with Gasteiger partial charge >= 0.3 is 0 Å². The Kier molecular flexibility index (Phi) is 6.80. The maximum absolute atomic E-state index is 13.9. The van der Waals surface area contributed by atoms with Gasteiger partial charge in [0.15, 0.2) is 0 Å². The lowest BCUT2D eigenvalue weighted by molar-refractivity contribution is -0.132. The highest BCUT2D eigenvalue weighted by Gasteiger charge is 2.50. The molecule has 40 heavy (non-hydrogen) atoms. The number of benzene rings is 2. The topological polar surface area (TPSA) is 87.9 Å². The Balaban J connectivity index is 1.41. The molecule has 4 aromatic rings. The molecular weight excluding hydrogens is 504 g/mol. The second-order valence-corrected chi connectivity index (χ2v) is 10.9. The van der Waals surface area contributed by atoms with Crippen LogP contribution in [0.25, 0.3) is 10.9 Å². The van der Waals surface area contributed by atoms with Crippen LogP contribution >= 0.6 is 0 Å². The van der Waals surface area contributed by atoms with Gasteiger partial charge in [0, 0.05) is 55.4 Å². The number of pyridine rings is 1. The maximum Gasteiger partial charge on any atom is 0.273 e. The third kappa shape index (κ3) is 4.32. The Bertz CT molecular complexity index is 1540. The van der Waals surface area contributed by atoms with Gasteiger partial charge in [0.1, 0.15) is 11.4 Å². The predicted octanol–water partition coefficient (Wildman–Crippen LogP) is 3.87. The van der Waals surface area contributed by atoms with Crippen molar-refractivity contribution in [1.82, 2.24) is 19.4 Å². The summed E-state index contributed by atoms with van der Waals surface area (Å²) in [5.74, 6) is 0.673. The van der Waals surface area contributed by atoms with Crippen LogP contribution in [0.4, 0.5) is 0 Å². The summed E-state index contributed by atoms with van der Waals surface area (Å²) in [6.45, 7) is 1.46. The molecule has 0 saturated carbocycles. The number of piperidine rings is 1. The predicted molar refractivity (Wildman–Crippen MR) is 152 cm³/mol. The average molecular weight is 539 g/mol. The van der Waals surface area contributed by atoms with E-state index < -0.39 is 6.04 Å². The van der Waals surface area contributed by atoms with Gasteiger partial charge in [-0.05, 0) is 48.2 Å². The first-order valence-corrected chi connectivity index (χ1v) is 13.8. The molecule has 8 nitrogen and oxygen atoms in total. The molecule has 0 aliphatic carbocycles. The van der Waals surface area contributed by atoms with E-state index in [-0.39, 0.29) is 23.8 Å². The van der Waals surface area contributed by atoms with Crippen molar-refractivity contribution in [3.05, 3.63) is 95.4 Å². The van der Waals surface area contributed by atoms with E-state index in [4.69, 9.17) is 4.74 Å². The van der Waals surface area contributed by atoms with Gasteiger partial charge < -0.3 is 24.2 Å². The van der Waals surface area contributed by atoms with Crippen LogP contribution in [-0.2, 0) is 23.7 Å². The highest BCUT2D eigenvalue weighted by Crippen LogP contribution is 2.50. The molecule has 6 rings (SSSR count). The fourth-order valence-corrected chi connectivity index (χ4v) is 6.68. The minimum absolute atomic E-state index is 0.120. The van der Waals surface area contributed by atoms with Crippen LogP contribution in [-0.4, -0.2) is 69.6 Å². The van der Waals surface area contributed by atoms with Crippen LogP contribution < -0.4 is 4.74 Å². The third-order valence-corrected chi connectivity index (χ3v) is 8.74. The first-order valence-electron chi connectivity index (χ1n) is 13.8. The molecule has 206 valence electrons. The van der Waals surface area contributed by atoms with Crippen LogP contribution in [0, 0.1) is 0 Å². The largest absolute Gasteiger partial charge is 0.497 e. The minimum atomic E-state index is -0.517. The lowest BCUT2D eigenvalue weighted by atomic mass is 9.68. The molecule has 2 amide bonds. The Morgan fingerprint density at radius 3 is 2.48 bits per heavy atom. The van der Waals surface area contributed by atoms with Gasteiger partial charge in [-0.25, -0.2) is 0 Å². The van der Waals surface area contributed by atoms with E-state index in [1.807, 2.05) is 54.4 Å². The number of amides is 2. The summed E-state index contributed by atoms with van der Waals surface area (Å²) in [5.41, 5.74) is 4.10. The van der Waals surface area contributed by atoms with Gasteiger partial charge in [0.2, 0.25) is 5.91 Å². The number of fused-ring (bicyclic) bond motifs is 4. The molecule has 8 heteroatoms. The number of hydrogen-bond donors (Lipinski definition) is 1. The number of rotatable bonds is 5. The van der Waals surface area contributed by atoms with Gasteiger partial charge in [-0.15, -0.1) is 0 Å². The number of likely N-dealkylation sites (tertiary alicyclic amines) is 1. The van der Waals surface area contributed by atoms with Crippen molar-refractivity contribution in [3.63, 3.8) is 0 Å². The summed E-state index contributed by atoms with van der Waals surface area (Å²) >= 11 is 0. The summed E-state index contributed by atoms with van der Waals surface area (Å²) < 4.78 is 7.62. The van der Waals surface area contributed by atoms with E-state index in [1.54, 1.807) is 36.4 Å². The summed E-state index contributed by atoms with van der Waals surface area (Å²) in [7, 11) is 3.64. The molecular formula is C32H34N4O4. The number of ether oxygens (including phenoxy) is 1. The highest BCUT2D eigenvalue weighted by molar-refractivity contribution is 5.94. The molecule has 2 aromatic carbocycles. The van der Waals surface area contributed by atoms with Crippen molar-refractivity contribution in [2.45, 2.75) is 30.7 Å². The van der Waals surface area contributed by atoms with Crippen molar-refractivity contribution in [1.29, 1.82) is 0 Å². The molecule has 1 atom stereocenters. The van der Waals surface area contributed by atoms with E-state index in [2.05, 4.69) is 15.6 Å². The molecule has 1 saturated heterocycles. The van der Waals surface area contributed by atoms with Crippen molar-refractivity contribution < 1.29 is 19.4 Å². The molecule has 0 radical (unpaired) electrons. The zero-order valence-electron chi connectivity index (χ0n) is 22.9. The summed E-state index contributed by atoms with van der Waals surface area (Å²) in [6, 6.07) is 20.7. The van der Waals surface area contributed by atoms with Crippen molar-refractivity contribution in [3.8, 4) is 5.75 Å². The minimum Gasteiger partial charge on any atom is -0.497 e. The third-order valence-electron chi connectivity index (χ3n) is 8.74. The van der Waals surface area contributed by atoms with Gasteiger partial charge in [-0.2, -0.15) is 0 Å². The zero-order valence-corrected chi connectivity index (χ0v) is 22.9. The maximum atomic E-state index is 13.9. The first kappa shape index (κ1) is 26.1. The van der Waals surface area contributed by atoms with Gasteiger partial charge in [-0.3, -0.25) is 14.6 Å². The number of carbonyl (C=O) groups excluding carboxylic acids is 2. The summed E-state index contributed by atoms with van der Waals surface area (Å²) in [4.78, 5) is 35.2. The Morgan fingerprint density at radius 2 is 1.80 bits per heavy atom. The van der Waals surface area contributed by atoms with Crippen LogP contribution in [0.5, 0.6) is 5.75 Å². The lowest BCUT2D eigenvalue weighted by Crippen LogP contribution is -2.56. The molecule has 4 heterocycles. The van der Waals surface area contributed by atoms with E-state index in [1.165, 1.54) is 5.56 Å². The van der Waals surface area contributed by atoms with Gasteiger partial charge in [0.25, 0.3) is 5.91 Å². The molecule has 2 aliphatic rings. The van der Waals surface area contributed by atoms with Crippen LogP contribution in [0.2, 0.25) is 0 Å². The van der Waals surface area contributed by atoms with Crippen LogP contribution in [0.1, 0.15) is 46.2 Å². The molecule has 1 fully saturated rings. The molecule has 2 aliphatic heterocycles. The number of aryl methyl sites for hydroxylation is 1. The monoisotopic (exact) mass is 538 g/mol. The second-order valence-electron chi connectivity index (χ2n) is 10.9. The van der Waals surface area contributed by atoms with Crippen molar-refractivity contribution in [2.24, 2.45) is 7.05 Å². The number of aliphatic hydroxyl groups excluding tert-OH is 1. The number of carbonyl (C=O) groups is 2. The number of nitrogens with zero attached hydrogens (tertiary/aromatic N) is 4. The van der Waals surface area contributed by atoms with Crippen LogP contribution in [0.3, 0.4) is 0 Å². The fraction of sp³-hybridized carbons (Fsp3) is 0.344. The number of hydrogen-bond acceptors (Lipinski definition) is 5. The van der Waals surface area contributed by atoms with E-state index in [0.29, 0.717) is 31.7 Å². The first-order chi connectivity index (χ1) is 19.5. The van der Waals surface area contributed by atoms with E-state index in [0.717, 1.165) is 40.8 Å². The van der Waals surface area contributed by atoms with Crippen LogP contribution in [0.15, 0.2) is 72.9 Å². The molecule has 0 bridgehead atoms. The SMILES string of the molecule is COc1ccc2c3c(n(C)c2c1)[C@@H](CO)N(C(=O)c1ccccn1)CC31CCN(C(=O)Cc2ccccc2)CC1. The second kappa shape index (κ2) is 10.4. The van der Waals surface area contributed by atoms with Crippen molar-refractivity contribution >= 4 is 22.7 Å². The Morgan fingerprint density at radius 1 is 1.05 bits per heavy atom. The quantitative estimate of drug-likeness (QED) is 0.417. The number of aliphatic hydroxyl groups is 1. The standard InChI is InChI=1S/C32H34N4O4/c1-34-26-19-23(40-2)11-12-24(26)29-30(34)27(20-37)36(31(39)25-10-6-7-15-33-25)21-32(29)13-16-35(17-14-32)28(38)18-22-8-4-3-5-9-22/h3-12,15,19,27,37H,13-14,16-18,20-21H2,1-2H3/t27-/m1/s1. The van der Waals surface area contributed by atoms with E-state index >= 15 is 0 Å². The molecule has 1 N–H and O–H groups in total. The highest BCUT2D eigenvalue weighted by atomic mass is 16.5. The van der Waals surface area contributed by atoms with Gasteiger partial charge in [-0.1, -0.05) is 36.4 Å². The normalized spacial score (nSPS) is 18.1. The average Bonchev–Trinajstić information content (AvgIpc) is 3.30. The summed E-state index contributed by atoms with van der Waals surface area (Å²) in [5, 5.41) is 11.8. The molecule has 0 unspecified atom stereocenters. The van der Waals surface area contributed by atoms with Gasteiger partial charge in [0.05, 0.1) is 31.7 Å². The number of aromatic nitrogens is 2.